The molecule has 2 atom stereocenters. The van der Waals surface area contributed by atoms with E-state index < -0.39 is 17.3 Å². The number of anilines is 3. The molecule has 2 aromatic carbocycles. The molecule has 0 radical (unpaired) electrons. The van der Waals surface area contributed by atoms with Gasteiger partial charge in [0, 0.05) is 10.7 Å². The van der Waals surface area contributed by atoms with E-state index >= 15 is 0 Å². The second-order valence-electron chi connectivity index (χ2n) is 6.57. The van der Waals surface area contributed by atoms with Crippen molar-refractivity contribution in [3.8, 4) is 0 Å². The van der Waals surface area contributed by atoms with Gasteiger partial charge in [-0.1, -0.05) is 36.0 Å². The van der Waals surface area contributed by atoms with Crippen molar-refractivity contribution in [3.05, 3.63) is 53.6 Å². The van der Waals surface area contributed by atoms with Crippen molar-refractivity contribution in [1.29, 1.82) is 0 Å². The monoisotopic (exact) mass is 400 g/mol. The molecular weight excluding hydrogens is 384 g/mol. The minimum atomic E-state index is -1.08. The summed E-state index contributed by atoms with van der Waals surface area (Å²) < 4.78 is 5.15. The first-order chi connectivity index (χ1) is 13.0. The van der Waals surface area contributed by atoms with Crippen LogP contribution in [0, 0.1) is 11.3 Å². The van der Waals surface area contributed by atoms with E-state index in [2.05, 4.69) is 5.32 Å². The largest absolute Gasteiger partial charge is 0.466 e. The lowest BCUT2D eigenvalue weighted by Crippen LogP contribution is -2.39. The summed E-state index contributed by atoms with van der Waals surface area (Å²) in [7, 11) is 0. The smallest absolute Gasteiger partial charge is 0.310 e. The average Bonchev–Trinajstić information content (AvgIpc) is 3.42. The number of thiocarbonyl (C=S) groups is 1. The maximum absolute atomic E-state index is 13.7. The molecule has 1 fully saturated rings. The Hall–Kier alpha value is -2.44. The highest BCUT2D eigenvalue weighted by Gasteiger charge is 2.69. The number of amides is 1. The van der Waals surface area contributed by atoms with Gasteiger partial charge >= 0.3 is 5.97 Å². The van der Waals surface area contributed by atoms with Crippen LogP contribution in [0.4, 0.5) is 17.1 Å². The van der Waals surface area contributed by atoms with Crippen LogP contribution in [-0.2, 0) is 14.3 Å². The van der Waals surface area contributed by atoms with Gasteiger partial charge in [-0.15, -0.1) is 0 Å². The fourth-order valence-corrected chi connectivity index (χ4v) is 4.09. The highest BCUT2D eigenvalue weighted by atomic mass is 35.5. The number of carbonyl (C=O) groups excluding carboxylic acids is 2. The normalized spacial score (nSPS) is 23.5. The van der Waals surface area contributed by atoms with E-state index in [1.54, 1.807) is 36.1 Å². The van der Waals surface area contributed by atoms with Crippen molar-refractivity contribution >= 4 is 57.7 Å². The number of carbonyl (C=O) groups is 2. The summed E-state index contributed by atoms with van der Waals surface area (Å²) >= 11 is 11.6. The van der Waals surface area contributed by atoms with Gasteiger partial charge in [-0.2, -0.15) is 0 Å². The molecule has 1 heterocycles. The van der Waals surface area contributed by atoms with Gasteiger partial charge in [0.1, 0.15) is 5.41 Å². The topological polar surface area (TPSA) is 58.6 Å². The van der Waals surface area contributed by atoms with Crippen molar-refractivity contribution in [2.45, 2.75) is 13.3 Å². The molecular formula is C20H17ClN2O3S. The number of halogens is 1. The number of ether oxygens (including phenoxy) is 1. The van der Waals surface area contributed by atoms with Crippen LogP contribution in [0.1, 0.15) is 13.3 Å². The van der Waals surface area contributed by atoms with Crippen LogP contribution in [0.2, 0.25) is 5.02 Å². The highest BCUT2D eigenvalue weighted by molar-refractivity contribution is 7.80. The molecule has 27 heavy (non-hydrogen) atoms. The highest BCUT2D eigenvalue weighted by Crippen LogP contribution is 2.58. The SMILES string of the molecule is CCOC(=O)C1CC12C(=O)N(c1ccc(Cl)cc1)c1ccccc1NC2=S. The molecule has 1 aliphatic carbocycles. The maximum Gasteiger partial charge on any atom is 0.310 e. The molecule has 0 saturated heterocycles. The van der Waals surface area contributed by atoms with Gasteiger partial charge in [0.2, 0.25) is 5.91 Å². The Bertz CT molecular complexity index is 946. The molecule has 5 nitrogen and oxygen atoms in total. The second kappa shape index (κ2) is 6.62. The van der Waals surface area contributed by atoms with Gasteiger partial charge in [0.05, 0.1) is 28.9 Å². The molecule has 138 valence electrons. The molecule has 2 aromatic rings. The number of para-hydroxylation sites is 2. The first kappa shape index (κ1) is 17.9. The molecule has 7 heteroatoms. The molecule has 1 spiro atoms. The Morgan fingerprint density at radius 1 is 1.30 bits per heavy atom. The van der Waals surface area contributed by atoms with Crippen LogP contribution in [0.15, 0.2) is 48.5 Å². The van der Waals surface area contributed by atoms with Gasteiger partial charge < -0.3 is 10.1 Å². The first-order valence-electron chi connectivity index (χ1n) is 8.66. The Labute approximate surface area is 167 Å². The molecule has 4 rings (SSSR count). The third kappa shape index (κ3) is 2.80. The first-order valence-corrected chi connectivity index (χ1v) is 9.45. The fraction of sp³-hybridized carbons (Fsp3) is 0.250. The number of benzene rings is 2. The zero-order valence-electron chi connectivity index (χ0n) is 14.6. The van der Waals surface area contributed by atoms with E-state index in [1.165, 1.54) is 0 Å². The van der Waals surface area contributed by atoms with E-state index in [9.17, 15) is 9.59 Å². The maximum atomic E-state index is 13.7. The van der Waals surface area contributed by atoms with E-state index in [0.717, 1.165) is 5.69 Å². The van der Waals surface area contributed by atoms with Gasteiger partial charge in [-0.25, -0.2) is 0 Å². The number of esters is 1. The molecule has 0 bridgehead atoms. The molecule has 1 saturated carbocycles. The Morgan fingerprint density at radius 2 is 2.00 bits per heavy atom. The second-order valence-corrected chi connectivity index (χ2v) is 7.41. The quantitative estimate of drug-likeness (QED) is 0.614. The number of fused-ring (bicyclic) bond motifs is 1. The van der Waals surface area contributed by atoms with Crippen LogP contribution < -0.4 is 10.2 Å². The number of nitrogens with zero attached hydrogens (tertiary/aromatic N) is 1. The van der Waals surface area contributed by atoms with Crippen molar-refractivity contribution in [2.75, 3.05) is 16.8 Å². The van der Waals surface area contributed by atoms with Gasteiger partial charge in [0.15, 0.2) is 0 Å². The lowest BCUT2D eigenvalue weighted by atomic mass is 10.0. The van der Waals surface area contributed by atoms with Crippen LogP contribution >= 0.6 is 23.8 Å². The van der Waals surface area contributed by atoms with Crippen molar-refractivity contribution in [3.63, 3.8) is 0 Å². The van der Waals surface area contributed by atoms with Crippen LogP contribution in [0.3, 0.4) is 0 Å². The minimum absolute atomic E-state index is 0.231. The van der Waals surface area contributed by atoms with Crippen molar-refractivity contribution in [2.24, 2.45) is 11.3 Å². The van der Waals surface area contributed by atoms with E-state index in [0.29, 0.717) is 27.8 Å². The number of hydrogen-bond donors (Lipinski definition) is 1. The third-order valence-electron chi connectivity index (χ3n) is 5.00. The minimum Gasteiger partial charge on any atom is -0.466 e. The lowest BCUT2D eigenvalue weighted by molar-refractivity contribution is -0.146. The van der Waals surface area contributed by atoms with E-state index in [-0.39, 0.29) is 12.5 Å². The summed E-state index contributed by atoms with van der Waals surface area (Å²) in [6.45, 7) is 2.01. The number of hydrogen-bond acceptors (Lipinski definition) is 4. The van der Waals surface area contributed by atoms with Crippen LogP contribution in [0.25, 0.3) is 0 Å². The predicted octanol–water partition coefficient (Wildman–Crippen LogP) is 4.33. The predicted molar refractivity (Wildman–Crippen MR) is 108 cm³/mol. The van der Waals surface area contributed by atoms with Crippen molar-refractivity contribution < 1.29 is 14.3 Å². The fourth-order valence-electron chi connectivity index (χ4n) is 3.54. The lowest BCUT2D eigenvalue weighted by Gasteiger charge is -2.25. The molecule has 1 aliphatic heterocycles. The average molecular weight is 401 g/mol. The van der Waals surface area contributed by atoms with Gasteiger partial charge in [-0.05, 0) is 49.7 Å². The summed E-state index contributed by atoms with van der Waals surface area (Å²) in [6.07, 6.45) is 0.342. The zero-order valence-corrected chi connectivity index (χ0v) is 16.1. The summed E-state index contributed by atoms with van der Waals surface area (Å²) in [5.74, 6) is -1.20. The summed E-state index contributed by atoms with van der Waals surface area (Å²) in [5.41, 5.74) is 0.980. The zero-order chi connectivity index (χ0) is 19.2. The van der Waals surface area contributed by atoms with Gasteiger partial charge in [-0.3, -0.25) is 14.5 Å². The number of rotatable bonds is 3. The van der Waals surface area contributed by atoms with Crippen molar-refractivity contribution in [1.82, 2.24) is 0 Å². The van der Waals surface area contributed by atoms with E-state index in [1.807, 2.05) is 24.3 Å². The molecule has 2 unspecified atom stereocenters. The number of nitrogens with one attached hydrogen (secondary N) is 1. The van der Waals surface area contributed by atoms with E-state index in [4.69, 9.17) is 28.6 Å². The Morgan fingerprint density at radius 3 is 2.70 bits per heavy atom. The third-order valence-corrected chi connectivity index (χ3v) is 5.72. The molecule has 2 aliphatic rings. The molecule has 0 aromatic heterocycles. The summed E-state index contributed by atoms with van der Waals surface area (Å²) in [5, 5.41) is 3.76. The summed E-state index contributed by atoms with van der Waals surface area (Å²) in [6, 6.07) is 14.4. The molecule has 1 N–H and O–H groups in total. The molecule has 1 amide bonds. The van der Waals surface area contributed by atoms with Crippen LogP contribution in [0.5, 0.6) is 0 Å². The standard InChI is InChI=1S/C20H17ClN2O3S/c1-2-26-17(24)14-11-20(14)18(27)22-15-5-3-4-6-16(15)23(19(20)25)13-9-7-12(21)8-10-13/h3-10,14H,2,11H2,1H3,(H,22,27). The van der Waals surface area contributed by atoms with Gasteiger partial charge in [0.25, 0.3) is 0 Å². The summed E-state index contributed by atoms with van der Waals surface area (Å²) in [4.78, 5) is 28.0. The Kier molecular flexibility index (Phi) is 4.40. The Balaban J connectivity index is 1.83. The van der Waals surface area contributed by atoms with Crippen LogP contribution in [-0.4, -0.2) is 23.5 Å².